The van der Waals surface area contributed by atoms with Crippen LogP contribution < -0.4 is 10.6 Å². The summed E-state index contributed by atoms with van der Waals surface area (Å²) in [5, 5.41) is 15.7. The summed E-state index contributed by atoms with van der Waals surface area (Å²) in [5.41, 5.74) is 0. The Morgan fingerprint density at radius 1 is 1.14 bits per heavy atom. The molecule has 1 saturated carbocycles. The van der Waals surface area contributed by atoms with Crippen molar-refractivity contribution in [2.75, 3.05) is 32.8 Å². The van der Waals surface area contributed by atoms with E-state index in [0.717, 1.165) is 38.8 Å². The first kappa shape index (κ1) is 16.7. The second-order valence-electron chi connectivity index (χ2n) is 6.36. The minimum absolute atomic E-state index is 0.0752. The van der Waals surface area contributed by atoms with Gasteiger partial charge in [0.2, 0.25) is 5.91 Å². The summed E-state index contributed by atoms with van der Waals surface area (Å²) in [6, 6.07) is 0. The van der Waals surface area contributed by atoms with Crippen LogP contribution in [-0.4, -0.2) is 50.0 Å². The monoisotopic (exact) mass is 298 g/mol. The second kappa shape index (κ2) is 9.38. The third kappa shape index (κ3) is 5.93. The van der Waals surface area contributed by atoms with Crippen molar-refractivity contribution in [1.29, 1.82) is 0 Å². The number of hydrogen-bond donors (Lipinski definition) is 3. The minimum Gasteiger partial charge on any atom is -0.396 e. The van der Waals surface area contributed by atoms with Crippen LogP contribution in [0.3, 0.4) is 0 Å². The van der Waals surface area contributed by atoms with E-state index in [2.05, 4.69) is 10.6 Å². The van der Waals surface area contributed by atoms with E-state index in [1.165, 1.54) is 12.8 Å². The van der Waals surface area contributed by atoms with Crippen LogP contribution >= 0.6 is 0 Å². The van der Waals surface area contributed by atoms with Crippen LogP contribution in [0.1, 0.15) is 44.9 Å². The van der Waals surface area contributed by atoms with Crippen molar-refractivity contribution >= 4 is 5.91 Å². The molecule has 21 heavy (non-hydrogen) atoms. The molecule has 2 fully saturated rings. The maximum Gasteiger partial charge on any atom is 0.222 e. The molecule has 5 heteroatoms. The largest absolute Gasteiger partial charge is 0.396 e. The smallest absolute Gasteiger partial charge is 0.222 e. The standard InChI is InChI=1S/C16H30N2O3/c19-12-14-4-2-1-3-13(14)11-18-16(20)7-10-21-15-5-8-17-9-6-15/h13-15,17,19H,1-12H2,(H,18,20). The summed E-state index contributed by atoms with van der Waals surface area (Å²) in [6.45, 7) is 3.50. The van der Waals surface area contributed by atoms with Gasteiger partial charge in [0, 0.05) is 19.6 Å². The number of aliphatic hydroxyl groups is 1. The molecule has 3 N–H and O–H groups in total. The Morgan fingerprint density at radius 3 is 2.57 bits per heavy atom. The Morgan fingerprint density at radius 2 is 1.86 bits per heavy atom. The highest BCUT2D eigenvalue weighted by atomic mass is 16.5. The third-order valence-electron chi connectivity index (χ3n) is 4.83. The lowest BCUT2D eigenvalue weighted by atomic mass is 9.79. The second-order valence-corrected chi connectivity index (χ2v) is 6.36. The van der Waals surface area contributed by atoms with Gasteiger partial charge in [0.15, 0.2) is 0 Å². The zero-order valence-electron chi connectivity index (χ0n) is 13.0. The van der Waals surface area contributed by atoms with E-state index >= 15 is 0 Å². The van der Waals surface area contributed by atoms with Crippen molar-refractivity contribution in [2.45, 2.75) is 51.0 Å². The van der Waals surface area contributed by atoms with E-state index in [-0.39, 0.29) is 12.5 Å². The molecule has 1 heterocycles. The maximum absolute atomic E-state index is 11.9. The molecule has 1 aliphatic heterocycles. The van der Waals surface area contributed by atoms with Gasteiger partial charge in [0.1, 0.15) is 0 Å². The van der Waals surface area contributed by atoms with Gasteiger partial charge in [-0.25, -0.2) is 0 Å². The molecule has 0 spiro atoms. The van der Waals surface area contributed by atoms with Crippen molar-refractivity contribution < 1.29 is 14.6 Å². The van der Waals surface area contributed by atoms with E-state index in [9.17, 15) is 9.90 Å². The summed E-state index contributed by atoms with van der Waals surface area (Å²) >= 11 is 0. The average Bonchev–Trinajstić information content (AvgIpc) is 2.54. The van der Waals surface area contributed by atoms with Crippen molar-refractivity contribution in [1.82, 2.24) is 10.6 Å². The number of hydrogen-bond acceptors (Lipinski definition) is 4. The maximum atomic E-state index is 11.9. The fraction of sp³-hybridized carbons (Fsp3) is 0.938. The Labute approximate surface area is 127 Å². The molecule has 0 aromatic heterocycles. The highest BCUT2D eigenvalue weighted by Gasteiger charge is 2.24. The first-order valence-corrected chi connectivity index (χ1v) is 8.49. The predicted octanol–water partition coefficient (Wildman–Crippen LogP) is 1.06. The summed E-state index contributed by atoms with van der Waals surface area (Å²) in [4.78, 5) is 11.9. The molecule has 1 aliphatic carbocycles. The SMILES string of the molecule is O=C(CCOC1CCNCC1)NCC1CCCCC1CO. The molecule has 0 aromatic rings. The van der Waals surface area contributed by atoms with Crippen molar-refractivity contribution in [3.05, 3.63) is 0 Å². The number of rotatable bonds is 7. The third-order valence-corrected chi connectivity index (χ3v) is 4.83. The minimum atomic E-state index is 0.0752. The number of amides is 1. The van der Waals surface area contributed by atoms with Gasteiger partial charge in [-0.1, -0.05) is 12.8 Å². The Balaban J connectivity index is 1.56. The van der Waals surface area contributed by atoms with Crippen LogP contribution in [-0.2, 0) is 9.53 Å². The van der Waals surface area contributed by atoms with Gasteiger partial charge >= 0.3 is 0 Å². The van der Waals surface area contributed by atoms with Gasteiger partial charge in [-0.3, -0.25) is 4.79 Å². The fourth-order valence-corrected chi connectivity index (χ4v) is 3.41. The number of aliphatic hydroxyl groups excluding tert-OH is 1. The molecule has 0 bridgehead atoms. The van der Waals surface area contributed by atoms with Crippen LogP contribution in [0.5, 0.6) is 0 Å². The number of carbonyl (C=O) groups excluding carboxylic acids is 1. The Bertz CT molecular complexity index is 306. The van der Waals surface area contributed by atoms with Gasteiger partial charge in [-0.2, -0.15) is 0 Å². The molecular weight excluding hydrogens is 268 g/mol. The number of piperidine rings is 1. The van der Waals surface area contributed by atoms with E-state index in [1.54, 1.807) is 0 Å². The normalized spacial score (nSPS) is 27.5. The van der Waals surface area contributed by atoms with Crippen molar-refractivity contribution in [2.24, 2.45) is 11.8 Å². The van der Waals surface area contributed by atoms with Crippen LogP contribution in [0.2, 0.25) is 0 Å². The summed E-state index contributed by atoms with van der Waals surface area (Å²) in [5.74, 6) is 0.884. The summed E-state index contributed by atoms with van der Waals surface area (Å²) < 4.78 is 5.75. The summed E-state index contributed by atoms with van der Waals surface area (Å²) in [7, 11) is 0. The molecule has 2 rings (SSSR count). The average molecular weight is 298 g/mol. The van der Waals surface area contributed by atoms with Crippen LogP contribution in [0.25, 0.3) is 0 Å². The Hall–Kier alpha value is -0.650. The van der Waals surface area contributed by atoms with E-state index in [0.29, 0.717) is 37.5 Å². The van der Waals surface area contributed by atoms with Crippen LogP contribution in [0.4, 0.5) is 0 Å². The molecule has 2 unspecified atom stereocenters. The number of carbonyl (C=O) groups is 1. The molecule has 1 saturated heterocycles. The van der Waals surface area contributed by atoms with E-state index < -0.39 is 0 Å². The lowest BCUT2D eigenvalue weighted by molar-refractivity contribution is -0.123. The van der Waals surface area contributed by atoms with Gasteiger partial charge in [-0.05, 0) is 50.6 Å². The lowest BCUT2D eigenvalue weighted by Gasteiger charge is -2.30. The van der Waals surface area contributed by atoms with Crippen molar-refractivity contribution in [3.8, 4) is 0 Å². The predicted molar refractivity (Wildman–Crippen MR) is 82.0 cm³/mol. The number of ether oxygens (including phenoxy) is 1. The molecular formula is C16H30N2O3. The molecule has 2 aliphatic rings. The highest BCUT2D eigenvalue weighted by Crippen LogP contribution is 2.29. The lowest BCUT2D eigenvalue weighted by Crippen LogP contribution is -2.36. The van der Waals surface area contributed by atoms with E-state index in [1.807, 2.05) is 0 Å². The molecule has 0 aromatic carbocycles. The number of nitrogens with one attached hydrogen (secondary N) is 2. The zero-order valence-corrected chi connectivity index (χ0v) is 13.0. The fourth-order valence-electron chi connectivity index (χ4n) is 3.41. The highest BCUT2D eigenvalue weighted by molar-refractivity contribution is 5.75. The van der Waals surface area contributed by atoms with Crippen LogP contribution in [0.15, 0.2) is 0 Å². The summed E-state index contributed by atoms with van der Waals surface area (Å²) in [6.07, 6.45) is 7.49. The topological polar surface area (TPSA) is 70.6 Å². The first-order valence-electron chi connectivity index (χ1n) is 8.49. The van der Waals surface area contributed by atoms with Gasteiger partial charge < -0.3 is 20.5 Å². The Kier molecular flexibility index (Phi) is 7.47. The molecule has 2 atom stereocenters. The van der Waals surface area contributed by atoms with Gasteiger partial charge in [-0.15, -0.1) is 0 Å². The molecule has 1 amide bonds. The van der Waals surface area contributed by atoms with Gasteiger partial charge in [0.25, 0.3) is 0 Å². The van der Waals surface area contributed by atoms with Crippen LogP contribution in [0, 0.1) is 11.8 Å². The van der Waals surface area contributed by atoms with E-state index in [4.69, 9.17) is 4.74 Å². The quantitative estimate of drug-likeness (QED) is 0.657. The zero-order chi connectivity index (χ0) is 14.9. The first-order chi connectivity index (χ1) is 10.3. The molecule has 5 nitrogen and oxygen atoms in total. The van der Waals surface area contributed by atoms with Crippen molar-refractivity contribution in [3.63, 3.8) is 0 Å². The molecule has 0 radical (unpaired) electrons. The van der Waals surface area contributed by atoms with Gasteiger partial charge in [0.05, 0.1) is 12.7 Å². The molecule has 122 valence electrons.